The summed E-state index contributed by atoms with van der Waals surface area (Å²) in [5.41, 5.74) is 1.55. The fraction of sp³-hybridized carbons (Fsp3) is 0.889. The van der Waals surface area contributed by atoms with Crippen molar-refractivity contribution in [3.8, 4) is 0 Å². The fourth-order valence-electron chi connectivity index (χ4n) is 2.94. The Hall–Kier alpha value is -0.0700. The Morgan fingerprint density at radius 1 is 1.43 bits per heavy atom. The standard InChI is InChI=1S/C18H36N2O2S/c1-6-15-10-12-16(13-11-15)19-17(21)9-7-8-14-20(5)23(22)18(2,3)4/h10,16-17,19,21H,6-9,11-14H2,1-5H3/t16?,17?,23-/m0/s1. The molecule has 0 bridgehead atoms. The van der Waals surface area contributed by atoms with Crippen molar-refractivity contribution < 1.29 is 9.66 Å². The van der Waals surface area contributed by atoms with Crippen LogP contribution in [-0.4, -0.2) is 44.6 Å². The molecule has 1 aliphatic carbocycles. The molecule has 0 saturated carbocycles. The number of unbranched alkanes of at least 4 members (excludes halogenated alkanes) is 1. The summed E-state index contributed by atoms with van der Waals surface area (Å²) in [6, 6.07) is 0.413. The summed E-state index contributed by atoms with van der Waals surface area (Å²) < 4.78 is 13.9. The van der Waals surface area contributed by atoms with Crippen molar-refractivity contribution in [3.05, 3.63) is 11.6 Å². The van der Waals surface area contributed by atoms with Gasteiger partial charge in [0.25, 0.3) is 0 Å². The zero-order chi connectivity index (χ0) is 17.5. The van der Waals surface area contributed by atoms with Crippen molar-refractivity contribution in [1.82, 2.24) is 9.62 Å². The van der Waals surface area contributed by atoms with E-state index in [1.54, 1.807) is 5.57 Å². The Bertz CT molecular complexity index is 369. The van der Waals surface area contributed by atoms with Gasteiger partial charge in [-0.2, -0.15) is 0 Å². The van der Waals surface area contributed by atoms with E-state index in [1.165, 1.54) is 0 Å². The lowest BCUT2D eigenvalue weighted by Crippen LogP contribution is -2.41. The van der Waals surface area contributed by atoms with Crippen LogP contribution in [0.1, 0.15) is 72.6 Å². The third-order valence-electron chi connectivity index (χ3n) is 4.39. The van der Waals surface area contributed by atoms with Gasteiger partial charge in [-0.3, -0.25) is 5.32 Å². The zero-order valence-corrected chi connectivity index (χ0v) is 16.4. The van der Waals surface area contributed by atoms with Crippen molar-refractivity contribution >= 4 is 11.4 Å². The fourth-order valence-corrected chi connectivity index (χ4v) is 4.17. The zero-order valence-electron chi connectivity index (χ0n) is 15.6. The molecule has 2 N–H and O–H groups in total. The van der Waals surface area contributed by atoms with Gasteiger partial charge in [0.2, 0.25) is 0 Å². The van der Waals surface area contributed by atoms with Crippen LogP contribution in [0.3, 0.4) is 0 Å². The highest BCUT2D eigenvalue weighted by Crippen LogP contribution is 2.21. The summed E-state index contributed by atoms with van der Waals surface area (Å²) >= 11 is -0.958. The van der Waals surface area contributed by atoms with Gasteiger partial charge in [-0.05, 0) is 65.7 Å². The molecule has 4 nitrogen and oxygen atoms in total. The smallest absolute Gasteiger partial charge is 0.137 e. The van der Waals surface area contributed by atoms with Gasteiger partial charge in [-0.1, -0.05) is 18.6 Å². The highest BCUT2D eigenvalue weighted by atomic mass is 32.2. The van der Waals surface area contributed by atoms with Crippen LogP contribution in [-0.2, 0) is 11.4 Å². The molecule has 23 heavy (non-hydrogen) atoms. The van der Waals surface area contributed by atoms with Gasteiger partial charge in [0.05, 0.1) is 0 Å². The second kappa shape index (κ2) is 10.0. The lowest BCUT2D eigenvalue weighted by molar-refractivity contribution is 0.107. The maximum Gasteiger partial charge on any atom is 0.137 e. The molecule has 0 aromatic heterocycles. The summed E-state index contributed by atoms with van der Waals surface area (Å²) in [5.74, 6) is 0. The maximum atomic E-state index is 12.2. The van der Waals surface area contributed by atoms with Gasteiger partial charge in [0, 0.05) is 31.0 Å². The molecule has 0 aliphatic heterocycles. The van der Waals surface area contributed by atoms with Crippen molar-refractivity contribution in [2.24, 2.45) is 0 Å². The average molecular weight is 345 g/mol. The summed E-state index contributed by atoms with van der Waals surface area (Å²) in [7, 11) is 1.91. The van der Waals surface area contributed by atoms with Gasteiger partial charge in [0.15, 0.2) is 0 Å². The lowest BCUT2D eigenvalue weighted by Gasteiger charge is -2.30. The van der Waals surface area contributed by atoms with Gasteiger partial charge >= 0.3 is 0 Å². The molecule has 0 fully saturated rings. The van der Waals surface area contributed by atoms with E-state index in [-0.39, 0.29) is 4.75 Å². The SMILES string of the molecule is CCC1=CCC(NC(O)CCCCN(C)[S@@+]([O-])C(C)(C)C)CC1. The number of hydrogen-bond donors (Lipinski definition) is 2. The van der Waals surface area contributed by atoms with Crippen molar-refractivity contribution in [2.45, 2.75) is 89.7 Å². The molecule has 3 atom stereocenters. The monoisotopic (exact) mass is 344 g/mol. The van der Waals surface area contributed by atoms with E-state index in [1.807, 2.05) is 32.1 Å². The molecule has 136 valence electrons. The van der Waals surface area contributed by atoms with Crippen LogP contribution >= 0.6 is 0 Å². The van der Waals surface area contributed by atoms with Crippen LogP contribution in [0.25, 0.3) is 0 Å². The number of nitrogens with zero attached hydrogens (tertiary/aromatic N) is 1. The predicted molar refractivity (Wildman–Crippen MR) is 99.5 cm³/mol. The second-order valence-corrected chi connectivity index (χ2v) is 9.92. The van der Waals surface area contributed by atoms with Crippen LogP contribution < -0.4 is 5.32 Å². The first-order valence-corrected chi connectivity index (χ1v) is 10.1. The molecule has 0 saturated heterocycles. The van der Waals surface area contributed by atoms with E-state index >= 15 is 0 Å². The average Bonchev–Trinajstić information content (AvgIpc) is 2.50. The van der Waals surface area contributed by atoms with Gasteiger partial charge in [0.1, 0.15) is 11.0 Å². The Morgan fingerprint density at radius 2 is 2.13 bits per heavy atom. The minimum absolute atomic E-state index is 0.207. The molecule has 1 aliphatic rings. The van der Waals surface area contributed by atoms with E-state index < -0.39 is 17.6 Å². The van der Waals surface area contributed by atoms with E-state index in [9.17, 15) is 9.66 Å². The van der Waals surface area contributed by atoms with Crippen LogP contribution in [0.2, 0.25) is 0 Å². The molecule has 0 heterocycles. The first-order valence-electron chi connectivity index (χ1n) is 8.99. The molecule has 0 radical (unpaired) electrons. The summed E-state index contributed by atoms with van der Waals surface area (Å²) in [6.07, 6.45) is 9.04. The van der Waals surface area contributed by atoms with Crippen molar-refractivity contribution in [3.63, 3.8) is 0 Å². The Labute approximate surface area is 146 Å². The van der Waals surface area contributed by atoms with Crippen molar-refractivity contribution in [1.29, 1.82) is 0 Å². The molecule has 1 rings (SSSR count). The minimum atomic E-state index is -0.958. The van der Waals surface area contributed by atoms with E-state index in [0.29, 0.717) is 6.04 Å². The molecular weight excluding hydrogens is 308 g/mol. The van der Waals surface area contributed by atoms with Gasteiger partial charge in [-0.25, -0.2) is 0 Å². The molecular formula is C18H36N2O2S. The number of aliphatic hydroxyl groups excluding tert-OH is 1. The predicted octanol–water partition coefficient (Wildman–Crippen LogP) is 3.35. The Balaban J connectivity index is 2.15. The lowest BCUT2D eigenvalue weighted by atomic mass is 9.93. The van der Waals surface area contributed by atoms with Crippen molar-refractivity contribution in [2.75, 3.05) is 13.6 Å². The van der Waals surface area contributed by atoms with Gasteiger partial charge in [-0.15, -0.1) is 4.31 Å². The number of hydrogen-bond acceptors (Lipinski definition) is 4. The minimum Gasteiger partial charge on any atom is -0.598 e. The Morgan fingerprint density at radius 3 is 2.65 bits per heavy atom. The summed E-state index contributed by atoms with van der Waals surface area (Å²) in [4.78, 5) is 0. The highest BCUT2D eigenvalue weighted by molar-refractivity contribution is 7.90. The molecule has 5 heteroatoms. The Kier molecular flexibility index (Phi) is 9.16. The summed E-state index contributed by atoms with van der Waals surface area (Å²) in [5, 5.41) is 13.5. The van der Waals surface area contributed by atoms with Gasteiger partial charge < -0.3 is 9.66 Å². The van der Waals surface area contributed by atoms with Crippen LogP contribution in [0, 0.1) is 0 Å². The van der Waals surface area contributed by atoms with Crippen LogP contribution in [0.4, 0.5) is 0 Å². The molecule has 0 aromatic carbocycles. The normalized spacial score (nSPS) is 22.1. The third kappa shape index (κ3) is 8.03. The summed E-state index contributed by atoms with van der Waals surface area (Å²) in [6.45, 7) is 9.00. The third-order valence-corrected chi connectivity index (χ3v) is 6.19. The quantitative estimate of drug-likeness (QED) is 0.291. The first-order chi connectivity index (χ1) is 10.7. The number of aliphatic hydroxyl groups is 1. The second-order valence-electron chi connectivity index (χ2n) is 7.58. The molecule has 0 spiro atoms. The number of rotatable bonds is 9. The molecule has 2 unspecified atom stereocenters. The number of nitrogens with one attached hydrogen (secondary N) is 1. The van der Waals surface area contributed by atoms with E-state index in [2.05, 4.69) is 18.3 Å². The van der Waals surface area contributed by atoms with E-state index in [4.69, 9.17) is 0 Å². The molecule has 0 amide bonds. The maximum absolute atomic E-state index is 12.2. The van der Waals surface area contributed by atoms with Crippen LogP contribution in [0.5, 0.6) is 0 Å². The number of allylic oxidation sites excluding steroid dienone is 1. The van der Waals surface area contributed by atoms with E-state index in [0.717, 1.165) is 51.5 Å². The largest absolute Gasteiger partial charge is 0.598 e. The first kappa shape index (κ1) is 21.0. The highest BCUT2D eigenvalue weighted by Gasteiger charge is 2.30. The van der Waals surface area contributed by atoms with Crippen LogP contribution in [0.15, 0.2) is 11.6 Å². The molecule has 0 aromatic rings. The topological polar surface area (TPSA) is 58.6 Å².